The SMILES string of the molecule is O=C(Cn1ccccc1=O)N(Cc1cccnc1)C[C@@H]1CCNC1. The van der Waals surface area contributed by atoms with Gasteiger partial charge in [0.1, 0.15) is 6.54 Å². The van der Waals surface area contributed by atoms with Gasteiger partial charge in [-0.2, -0.15) is 0 Å². The fraction of sp³-hybridized carbons (Fsp3) is 0.389. The molecule has 3 heterocycles. The Morgan fingerprint density at radius 3 is 2.96 bits per heavy atom. The number of nitrogens with zero attached hydrogens (tertiary/aromatic N) is 3. The van der Waals surface area contributed by atoms with Crippen molar-refractivity contribution >= 4 is 5.91 Å². The van der Waals surface area contributed by atoms with Gasteiger partial charge in [-0.25, -0.2) is 0 Å². The van der Waals surface area contributed by atoms with Crippen LogP contribution in [0.1, 0.15) is 12.0 Å². The third-order valence-electron chi connectivity index (χ3n) is 4.29. The van der Waals surface area contributed by atoms with Gasteiger partial charge in [0.2, 0.25) is 5.91 Å². The first-order valence-electron chi connectivity index (χ1n) is 8.25. The molecule has 2 aromatic heterocycles. The molecule has 6 heteroatoms. The third-order valence-corrected chi connectivity index (χ3v) is 4.29. The maximum Gasteiger partial charge on any atom is 0.250 e. The van der Waals surface area contributed by atoms with Gasteiger partial charge in [-0.1, -0.05) is 12.1 Å². The molecule has 0 spiro atoms. The van der Waals surface area contributed by atoms with Gasteiger partial charge in [0.15, 0.2) is 0 Å². The number of amides is 1. The summed E-state index contributed by atoms with van der Waals surface area (Å²) < 4.78 is 1.45. The average molecular weight is 326 g/mol. The molecular weight excluding hydrogens is 304 g/mol. The Kier molecular flexibility index (Phi) is 5.38. The molecule has 1 aliphatic heterocycles. The van der Waals surface area contributed by atoms with E-state index in [2.05, 4.69) is 10.3 Å². The van der Waals surface area contributed by atoms with Gasteiger partial charge in [-0.05, 0) is 43.1 Å². The number of rotatable bonds is 6. The van der Waals surface area contributed by atoms with Crippen molar-refractivity contribution in [3.05, 3.63) is 64.8 Å². The summed E-state index contributed by atoms with van der Waals surface area (Å²) in [4.78, 5) is 30.6. The monoisotopic (exact) mass is 326 g/mol. The highest BCUT2D eigenvalue weighted by Crippen LogP contribution is 2.13. The van der Waals surface area contributed by atoms with Gasteiger partial charge in [-0.3, -0.25) is 14.6 Å². The second-order valence-corrected chi connectivity index (χ2v) is 6.16. The van der Waals surface area contributed by atoms with Gasteiger partial charge in [0, 0.05) is 37.7 Å². The molecule has 1 aliphatic rings. The molecule has 2 aromatic rings. The molecule has 1 fully saturated rings. The van der Waals surface area contributed by atoms with Crippen LogP contribution in [0.3, 0.4) is 0 Å². The highest BCUT2D eigenvalue weighted by Gasteiger charge is 2.22. The van der Waals surface area contributed by atoms with Gasteiger partial charge >= 0.3 is 0 Å². The van der Waals surface area contributed by atoms with Crippen molar-refractivity contribution in [1.29, 1.82) is 0 Å². The zero-order chi connectivity index (χ0) is 16.8. The Morgan fingerprint density at radius 1 is 1.33 bits per heavy atom. The minimum atomic E-state index is -0.158. The fourth-order valence-corrected chi connectivity index (χ4v) is 2.99. The second-order valence-electron chi connectivity index (χ2n) is 6.16. The molecule has 0 bridgehead atoms. The van der Waals surface area contributed by atoms with Gasteiger partial charge in [-0.15, -0.1) is 0 Å². The van der Waals surface area contributed by atoms with E-state index < -0.39 is 0 Å². The Bertz CT molecular complexity index is 723. The van der Waals surface area contributed by atoms with Gasteiger partial charge in [0.05, 0.1) is 0 Å². The molecule has 0 saturated carbocycles. The molecule has 0 unspecified atom stereocenters. The summed E-state index contributed by atoms with van der Waals surface area (Å²) in [5, 5.41) is 3.33. The summed E-state index contributed by atoms with van der Waals surface area (Å²) in [5.41, 5.74) is 0.840. The zero-order valence-corrected chi connectivity index (χ0v) is 13.6. The van der Waals surface area contributed by atoms with Crippen molar-refractivity contribution in [2.45, 2.75) is 19.5 Å². The molecule has 1 N–H and O–H groups in total. The first kappa shape index (κ1) is 16.4. The standard InChI is InChI=1S/C18H22N4O2/c23-17-5-1-2-9-21(17)14-18(24)22(13-16-6-8-20-11-16)12-15-4-3-7-19-10-15/h1-5,7,9-10,16,20H,6,8,11-14H2/t16-/m1/s1. The average Bonchev–Trinajstić information content (AvgIpc) is 3.10. The van der Waals surface area contributed by atoms with Crippen LogP contribution in [-0.2, 0) is 17.9 Å². The van der Waals surface area contributed by atoms with E-state index in [4.69, 9.17) is 0 Å². The molecule has 0 radical (unpaired) electrons. The Labute approximate surface area is 141 Å². The summed E-state index contributed by atoms with van der Waals surface area (Å²) in [6.45, 7) is 3.22. The van der Waals surface area contributed by atoms with Crippen LogP contribution in [0.25, 0.3) is 0 Å². The minimum absolute atomic E-state index is 0.0425. The number of pyridine rings is 2. The number of nitrogens with one attached hydrogen (secondary N) is 1. The Hall–Kier alpha value is -2.47. The largest absolute Gasteiger partial charge is 0.336 e. The quantitative estimate of drug-likeness (QED) is 0.856. The predicted molar refractivity (Wildman–Crippen MR) is 91.3 cm³/mol. The van der Waals surface area contributed by atoms with E-state index >= 15 is 0 Å². The number of carbonyl (C=O) groups is 1. The molecular formula is C18H22N4O2. The highest BCUT2D eigenvalue weighted by molar-refractivity contribution is 5.76. The van der Waals surface area contributed by atoms with Crippen LogP contribution < -0.4 is 10.9 Å². The minimum Gasteiger partial charge on any atom is -0.336 e. The van der Waals surface area contributed by atoms with Gasteiger partial charge < -0.3 is 14.8 Å². The zero-order valence-electron chi connectivity index (χ0n) is 13.6. The molecule has 126 valence electrons. The van der Waals surface area contributed by atoms with Gasteiger partial charge in [0.25, 0.3) is 5.56 Å². The third kappa shape index (κ3) is 4.29. The lowest BCUT2D eigenvalue weighted by Crippen LogP contribution is -2.39. The maximum absolute atomic E-state index is 12.8. The predicted octanol–water partition coefficient (Wildman–Crippen LogP) is 0.882. The lowest BCUT2D eigenvalue weighted by molar-refractivity contribution is -0.133. The number of aromatic nitrogens is 2. The van der Waals surface area contributed by atoms with Crippen molar-refractivity contribution < 1.29 is 4.79 Å². The fourth-order valence-electron chi connectivity index (χ4n) is 2.99. The van der Waals surface area contributed by atoms with Crippen LogP contribution >= 0.6 is 0 Å². The highest BCUT2D eigenvalue weighted by atomic mass is 16.2. The van der Waals surface area contributed by atoms with Crippen LogP contribution in [0.4, 0.5) is 0 Å². The summed E-state index contributed by atoms with van der Waals surface area (Å²) in [5.74, 6) is 0.414. The number of carbonyl (C=O) groups excluding carboxylic acids is 1. The topological polar surface area (TPSA) is 67.2 Å². The summed E-state index contributed by atoms with van der Waals surface area (Å²) in [6, 6.07) is 8.76. The summed E-state index contributed by atoms with van der Waals surface area (Å²) >= 11 is 0. The van der Waals surface area contributed by atoms with Crippen molar-refractivity contribution in [1.82, 2.24) is 19.8 Å². The Balaban J connectivity index is 1.73. The van der Waals surface area contributed by atoms with E-state index in [0.29, 0.717) is 19.0 Å². The molecule has 1 atom stereocenters. The van der Waals surface area contributed by atoms with Crippen molar-refractivity contribution in [2.75, 3.05) is 19.6 Å². The first-order valence-corrected chi connectivity index (χ1v) is 8.25. The smallest absolute Gasteiger partial charge is 0.250 e. The van der Waals surface area contributed by atoms with Crippen LogP contribution in [0.15, 0.2) is 53.7 Å². The van der Waals surface area contributed by atoms with Crippen LogP contribution in [0.5, 0.6) is 0 Å². The summed E-state index contributed by atoms with van der Waals surface area (Å²) in [7, 11) is 0. The normalized spacial score (nSPS) is 16.9. The van der Waals surface area contributed by atoms with E-state index in [1.807, 2.05) is 17.0 Å². The van der Waals surface area contributed by atoms with E-state index in [1.165, 1.54) is 10.6 Å². The van der Waals surface area contributed by atoms with E-state index in [0.717, 1.165) is 25.1 Å². The molecule has 6 nitrogen and oxygen atoms in total. The molecule has 0 aliphatic carbocycles. The van der Waals surface area contributed by atoms with E-state index in [1.54, 1.807) is 30.7 Å². The van der Waals surface area contributed by atoms with Crippen molar-refractivity contribution in [3.63, 3.8) is 0 Å². The van der Waals surface area contributed by atoms with Crippen LogP contribution in [0.2, 0.25) is 0 Å². The van der Waals surface area contributed by atoms with Crippen molar-refractivity contribution in [2.24, 2.45) is 5.92 Å². The lowest BCUT2D eigenvalue weighted by Gasteiger charge is -2.26. The molecule has 3 rings (SSSR count). The molecule has 1 amide bonds. The summed E-state index contributed by atoms with van der Waals surface area (Å²) in [6.07, 6.45) is 6.23. The maximum atomic E-state index is 12.8. The van der Waals surface area contributed by atoms with Crippen molar-refractivity contribution in [3.8, 4) is 0 Å². The number of hydrogen-bond donors (Lipinski definition) is 1. The lowest BCUT2D eigenvalue weighted by atomic mass is 10.1. The first-order chi connectivity index (χ1) is 11.7. The van der Waals surface area contributed by atoms with E-state index in [-0.39, 0.29) is 18.0 Å². The molecule has 24 heavy (non-hydrogen) atoms. The Morgan fingerprint density at radius 2 is 2.25 bits per heavy atom. The molecule has 1 saturated heterocycles. The number of hydrogen-bond acceptors (Lipinski definition) is 4. The second kappa shape index (κ2) is 7.88. The molecule has 0 aromatic carbocycles. The van der Waals surface area contributed by atoms with Crippen LogP contribution in [-0.4, -0.2) is 40.0 Å². The van der Waals surface area contributed by atoms with Crippen LogP contribution in [0, 0.1) is 5.92 Å². The van der Waals surface area contributed by atoms with E-state index in [9.17, 15) is 9.59 Å².